The molecule has 0 atom stereocenters. The Morgan fingerprint density at radius 1 is 0.283 bits per heavy atom. The summed E-state index contributed by atoms with van der Waals surface area (Å²) in [5.74, 6) is 0. The van der Waals surface area contributed by atoms with Crippen molar-refractivity contribution in [3.63, 3.8) is 0 Å². The summed E-state index contributed by atoms with van der Waals surface area (Å²) in [6.45, 7) is 0. The van der Waals surface area contributed by atoms with Crippen LogP contribution >= 0.6 is 0 Å². The zero-order valence-corrected chi connectivity index (χ0v) is 33.0. The highest BCUT2D eigenvalue weighted by Gasteiger charge is 2.21. The van der Waals surface area contributed by atoms with Crippen LogP contribution in [0.25, 0.3) is 82.8 Å². The predicted octanol–water partition coefficient (Wildman–Crippen LogP) is 16.1. The first-order valence-electron chi connectivity index (χ1n) is 20.6. The SMILES string of the molecule is c1ccc(-c2ccc(N(c3ccc(-c4ccc(-c5cccc6ccccc56)cc4)cc3)c3ccccc3-c3cccc4c3c3ccccc3n4-c3ccccc3)cc2)cc1. The van der Waals surface area contributed by atoms with E-state index >= 15 is 0 Å². The Morgan fingerprint density at radius 3 is 1.47 bits per heavy atom. The Kier molecular flexibility index (Phi) is 8.87. The van der Waals surface area contributed by atoms with Gasteiger partial charge in [-0.3, -0.25) is 0 Å². The lowest BCUT2D eigenvalue weighted by atomic mass is 9.95. The molecule has 60 heavy (non-hydrogen) atoms. The minimum absolute atomic E-state index is 1.09. The third-order valence-corrected chi connectivity index (χ3v) is 11.8. The van der Waals surface area contributed by atoms with Crippen LogP contribution in [0.1, 0.15) is 0 Å². The van der Waals surface area contributed by atoms with Gasteiger partial charge in [-0.15, -0.1) is 0 Å². The summed E-state index contributed by atoms with van der Waals surface area (Å²) < 4.78 is 2.39. The van der Waals surface area contributed by atoms with Crippen LogP contribution in [0.5, 0.6) is 0 Å². The van der Waals surface area contributed by atoms with Crippen molar-refractivity contribution in [1.29, 1.82) is 0 Å². The lowest BCUT2D eigenvalue weighted by Crippen LogP contribution is -2.11. The second-order valence-electron chi connectivity index (χ2n) is 15.3. The lowest BCUT2D eigenvalue weighted by molar-refractivity contribution is 1.18. The maximum Gasteiger partial charge on any atom is 0.0547 e. The van der Waals surface area contributed by atoms with E-state index in [0.717, 1.165) is 22.7 Å². The number of fused-ring (bicyclic) bond motifs is 4. The van der Waals surface area contributed by atoms with E-state index in [1.54, 1.807) is 0 Å². The van der Waals surface area contributed by atoms with Gasteiger partial charge >= 0.3 is 0 Å². The Morgan fingerprint density at radius 2 is 0.750 bits per heavy atom. The average Bonchev–Trinajstić information content (AvgIpc) is 3.67. The smallest absolute Gasteiger partial charge is 0.0547 e. The van der Waals surface area contributed by atoms with E-state index in [-0.39, 0.29) is 0 Å². The lowest BCUT2D eigenvalue weighted by Gasteiger charge is -2.28. The van der Waals surface area contributed by atoms with E-state index < -0.39 is 0 Å². The van der Waals surface area contributed by atoms with E-state index in [1.165, 1.54) is 77.1 Å². The number of hydrogen-bond donors (Lipinski definition) is 0. The molecule has 2 nitrogen and oxygen atoms in total. The molecule has 0 aliphatic carbocycles. The quantitative estimate of drug-likeness (QED) is 0.150. The van der Waals surface area contributed by atoms with Crippen LogP contribution in [0.15, 0.2) is 243 Å². The Hall–Kier alpha value is -7.94. The average molecular weight is 765 g/mol. The fourth-order valence-electron chi connectivity index (χ4n) is 8.98. The molecule has 0 aliphatic heterocycles. The number of nitrogens with zero attached hydrogens (tertiary/aromatic N) is 2. The number of para-hydroxylation sites is 3. The fraction of sp³-hybridized carbons (Fsp3) is 0. The first kappa shape index (κ1) is 35.2. The highest BCUT2D eigenvalue weighted by Crippen LogP contribution is 2.46. The summed E-state index contributed by atoms with van der Waals surface area (Å²) in [7, 11) is 0. The van der Waals surface area contributed by atoms with E-state index in [2.05, 4.69) is 252 Å². The van der Waals surface area contributed by atoms with Crippen molar-refractivity contribution >= 4 is 49.6 Å². The van der Waals surface area contributed by atoms with E-state index in [0.29, 0.717) is 0 Å². The summed E-state index contributed by atoms with van der Waals surface area (Å²) in [5.41, 5.74) is 16.4. The highest BCUT2D eigenvalue weighted by atomic mass is 15.1. The van der Waals surface area contributed by atoms with Crippen LogP contribution in [0.3, 0.4) is 0 Å². The third kappa shape index (κ3) is 6.23. The summed E-state index contributed by atoms with van der Waals surface area (Å²) in [6.07, 6.45) is 0. The van der Waals surface area contributed by atoms with Crippen molar-refractivity contribution in [1.82, 2.24) is 4.57 Å². The van der Waals surface area contributed by atoms with Gasteiger partial charge in [-0.25, -0.2) is 0 Å². The molecular weight excluding hydrogens is 725 g/mol. The molecule has 1 aromatic heterocycles. The molecule has 0 aliphatic rings. The number of anilines is 3. The van der Waals surface area contributed by atoms with Crippen LogP contribution in [0.4, 0.5) is 17.1 Å². The molecule has 282 valence electrons. The predicted molar refractivity (Wildman–Crippen MR) is 255 cm³/mol. The van der Waals surface area contributed by atoms with Crippen LogP contribution in [-0.4, -0.2) is 4.57 Å². The Balaban J connectivity index is 1.04. The standard InChI is InChI=1S/C58H40N2/c1-3-15-41(16-4-1)43-33-37-48(38-34-43)59(49-39-35-44(36-40-49)42-29-31-46(32-30-42)51-24-13-18-45-17-7-8-21-50(45)51)55-26-11-9-22-52(55)53-25-14-28-57-58(53)54-23-10-12-27-56(54)60(57)47-19-5-2-6-20-47/h1-40H. The number of aromatic nitrogens is 1. The summed E-state index contributed by atoms with van der Waals surface area (Å²) >= 11 is 0. The van der Waals surface area contributed by atoms with Crippen molar-refractivity contribution in [2.24, 2.45) is 0 Å². The minimum atomic E-state index is 1.09. The monoisotopic (exact) mass is 764 g/mol. The third-order valence-electron chi connectivity index (χ3n) is 11.8. The van der Waals surface area contributed by atoms with Crippen LogP contribution in [0, 0.1) is 0 Å². The first-order valence-corrected chi connectivity index (χ1v) is 20.6. The number of rotatable bonds is 8. The van der Waals surface area contributed by atoms with Crippen LogP contribution in [0.2, 0.25) is 0 Å². The molecule has 0 saturated heterocycles. The van der Waals surface area contributed by atoms with Crippen molar-refractivity contribution in [2.45, 2.75) is 0 Å². The van der Waals surface area contributed by atoms with Gasteiger partial charge in [0.15, 0.2) is 0 Å². The van der Waals surface area contributed by atoms with Gasteiger partial charge in [-0.1, -0.05) is 188 Å². The summed E-state index contributed by atoms with van der Waals surface area (Å²) in [5, 5.41) is 5.00. The summed E-state index contributed by atoms with van der Waals surface area (Å²) in [4.78, 5) is 2.41. The molecule has 0 radical (unpaired) electrons. The number of benzene rings is 10. The first-order chi connectivity index (χ1) is 29.8. The molecular formula is C58H40N2. The van der Waals surface area contributed by atoms with E-state index in [1.807, 2.05) is 0 Å². The fourth-order valence-corrected chi connectivity index (χ4v) is 8.98. The van der Waals surface area contributed by atoms with E-state index in [9.17, 15) is 0 Å². The largest absolute Gasteiger partial charge is 0.310 e. The van der Waals surface area contributed by atoms with Gasteiger partial charge in [0, 0.05) is 33.4 Å². The molecule has 0 spiro atoms. The Labute approximate surface area is 350 Å². The highest BCUT2D eigenvalue weighted by molar-refractivity contribution is 6.17. The van der Waals surface area contributed by atoms with Gasteiger partial charge in [0.1, 0.15) is 0 Å². The molecule has 0 bridgehead atoms. The van der Waals surface area contributed by atoms with Crippen LogP contribution < -0.4 is 4.90 Å². The topological polar surface area (TPSA) is 8.17 Å². The maximum absolute atomic E-state index is 2.41. The van der Waals surface area contributed by atoms with Gasteiger partial charge in [0.2, 0.25) is 0 Å². The van der Waals surface area contributed by atoms with Crippen molar-refractivity contribution in [2.75, 3.05) is 4.90 Å². The van der Waals surface area contributed by atoms with Crippen molar-refractivity contribution in [3.05, 3.63) is 243 Å². The minimum Gasteiger partial charge on any atom is -0.310 e. The van der Waals surface area contributed by atoms with Gasteiger partial charge in [-0.05, 0) is 104 Å². The maximum atomic E-state index is 2.41. The molecule has 10 aromatic carbocycles. The van der Waals surface area contributed by atoms with Gasteiger partial charge in [-0.2, -0.15) is 0 Å². The molecule has 0 N–H and O–H groups in total. The molecule has 11 aromatic rings. The molecule has 0 fully saturated rings. The normalized spacial score (nSPS) is 11.3. The molecule has 0 unspecified atom stereocenters. The zero-order chi connectivity index (χ0) is 39.8. The van der Waals surface area contributed by atoms with Crippen molar-refractivity contribution in [3.8, 4) is 50.2 Å². The molecule has 11 rings (SSSR count). The Bertz CT molecular complexity index is 3270. The number of hydrogen-bond acceptors (Lipinski definition) is 1. The van der Waals surface area contributed by atoms with Gasteiger partial charge in [0.25, 0.3) is 0 Å². The van der Waals surface area contributed by atoms with Gasteiger partial charge < -0.3 is 9.47 Å². The molecule has 1 heterocycles. The summed E-state index contributed by atoms with van der Waals surface area (Å²) in [6, 6.07) is 87.8. The van der Waals surface area contributed by atoms with Crippen molar-refractivity contribution < 1.29 is 0 Å². The molecule has 2 heteroatoms. The van der Waals surface area contributed by atoms with Gasteiger partial charge in [0.05, 0.1) is 16.7 Å². The van der Waals surface area contributed by atoms with E-state index in [4.69, 9.17) is 0 Å². The molecule has 0 amide bonds. The molecule has 0 saturated carbocycles. The zero-order valence-electron chi connectivity index (χ0n) is 33.0. The second-order valence-corrected chi connectivity index (χ2v) is 15.3. The van der Waals surface area contributed by atoms with Crippen LogP contribution in [-0.2, 0) is 0 Å². The second kappa shape index (κ2) is 15.1.